The number of rotatable bonds is 8. The number of hydrogen-bond donors (Lipinski definition) is 2. The smallest absolute Gasteiger partial charge is 0.239 e. The van der Waals surface area contributed by atoms with E-state index in [1.807, 2.05) is 7.05 Å². The molecule has 4 heteroatoms. The second kappa shape index (κ2) is 5.64. The first-order valence-corrected chi connectivity index (χ1v) is 6.31. The van der Waals surface area contributed by atoms with Crippen LogP contribution in [0.15, 0.2) is 0 Å². The van der Waals surface area contributed by atoms with Crippen molar-refractivity contribution in [1.29, 1.82) is 0 Å². The molecule has 1 fully saturated rings. The van der Waals surface area contributed by atoms with Crippen molar-refractivity contribution in [2.45, 2.75) is 38.6 Å². The molecule has 1 saturated carbocycles. The molecule has 1 aliphatic rings. The maximum Gasteiger partial charge on any atom is 0.239 e. The number of carbonyl (C=O) groups excluding carboxylic acids is 1. The topological polar surface area (TPSA) is 58.4 Å². The third-order valence-electron chi connectivity index (χ3n) is 3.62. The molecule has 1 unspecified atom stereocenters. The van der Waals surface area contributed by atoms with Gasteiger partial charge < -0.3 is 16.0 Å². The predicted molar refractivity (Wildman–Crippen MR) is 66.1 cm³/mol. The van der Waals surface area contributed by atoms with Gasteiger partial charge in [-0.15, -0.1) is 0 Å². The molecule has 0 bridgehead atoms. The Balaban J connectivity index is 2.72. The number of nitrogens with two attached hydrogens (primary N) is 1. The van der Waals surface area contributed by atoms with E-state index in [-0.39, 0.29) is 5.91 Å². The summed E-state index contributed by atoms with van der Waals surface area (Å²) in [4.78, 5) is 14.0. The summed E-state index contributed by atoms with van der Waals surface area (Å²) in [5.74, 6) is 0.230. The number of nitrogens with zero attached hydrogens (tertiary/aromatic N) is 1. The van der Waals surface area contributed by atoms with Crippen molar-refractivity contribution >= 4 is 5.91 Å². The fourth-order valence-corrected chi connectivity index (χ4v) is 2.41. The lowest BCUT2D eigenvalue weighted by atomic mass is 9.91. The van der Waals surface area contributed by atoms with Crippen molar-refractivity contribution < 1.29 is 4.79 Å². The molecule has 4 nitrogen and oxygen atoms in total. The van der Waals surface area contributed by atoms with Crippen LogP contribution in [0.2, 0.25) is 0 Å². The molecule has 1 rings (SSSR count). The highest BCUT2D eigenvalue weighted by Gasteiger charge is 2.49. The van der Waals surface area contributed by atoms with E-state index in [4.69, 9.17) is 5.73 Å². The molecular formula is C12H25N3O. The van der Waals surface area contributed by atoms with Crippen molar-refractivity contribution in [3.8, 4) is 0 Å². The molecule has 1 amide bonds. The molecule has 16 heavy (non-hydrogen) atoms. The lowest BCUT2D eigenvalue weighted by Gasteiger charge is -2.35. The van der Waals surface area contributed by atoms with Crippen LogP contribution in [-0.2, 0) is 4.79 Å². The Morgan fingerprint density at radius 2 is 2.12 bits per heavy atom. The monoisotopic (exact) mass is 227 g/mol. The normalized spacial score (nSPS) is 19.8. The number of carbonyl (C=O) groups is 1. The molecule has 1 aliphatic carbocycles. The average Bonchev–Trinajstić information content (AvgIpc) is 3.08. The zero-order valence-corrected chi connectivity index (χ0v) is 10.8. The minimum atomic E-state index is -0.509. The van der Waals surface area contributed by atoms with Crippen molar-refractivity contribution in [3.05, 3.63) is 0 Å². The summed E-state index contributed by atoms with van der Waals surface area (Å²) in [5.41, 5.74) is 5.09. The molecule has 1 atom stereocenters. The number of likely N-dealkylation sites (N-methyl/N-ethyl adjacent to an activating group) is 2. The van der Waals surface area contributed by atoms with Crippen LogP contribution < -0.4 is 11.1 Å². The van der Waals surface area contributed by atoms with Gasteiger partial charge in [-0.1, -0.05) is 13.8 Å². The molecule has 0 aromatic heterocycles. The maximum absolute atomic E-state index is 11.7. The van der Waals surface area contributed by atoms with Crippen molar-refractivity contribution in [3.63, 3.8) is 0 Å². The van der Waals surface area contributed by atoms with Crippen LogP contribution in [0.25, 0.3) is 0 Å². The van der Waals surface area contributed by atoms with Gasteiger partial charge in [0.2, 0.25) is 5.91 Å². The van der Waals surface area contributed by atoms with Crippen LogP contribution in [0.5, 0.6) is 0 Å². The van der Waals surface area contributed by atoms with Crippen LogP contribution >= 0.6 is 0 Å². The first-order valence-electron chi connectivity index (χ1n) is 6.31. The Labute approximate surface area is 98.6 Å². The highest BCUT2D eigenvalue weighted by Crippen LogP contribution is 2.40. The van der Waals surface area contributed by atoms with Gasteiger partial charge in [0.15, 0.2) is 0 Å². The lowest BCUT2D eigenvalue weighted by Crippen LogP contribution is -2.62. The van der Waals surface area contributed by atoms with E-state index in [2.05, 4.69) is 24.1 Å². The maximum atomic E-state index is 11.7. The number of hydrogen-bond acceptors (Lipinski definition) is 3. The van der Waals surface area contributed by atoms with Gasteiger partial charge in [-0.25, -0.2) is 0 Å². The van der Waals surface area contributed by atoms with Crippen LogP contribution in [-0.4, -0.2) is 43.0 Å². The summed E-state index contributed by atoms with van der Waals surface area (Å²) >= 11 is 0. The molecule has 0 aromatic rings. The standard InChI is InChI=1S/C12H25N3O/c1-4-8-15(5-2)9-12(14-3,11(13)16)10-6-7-10/h10,14H,4-9H2,1-3H3,(H2,13,16). The average molecular weight is 227 g/mol. The Morgan fingerprint density at radius 3 is 2.44 bits per heavy atom. The second-order valence-corrected chi connectivity index (χ2v) is 4.73. The third kappa shape index (κ3) is 2.74. The van der Waals surface area contributed by atoms with E-state index in [0.29, 0.717) is 5.92 Å². The summed E-state index contributed by atoms with van der Waals surface area (Å²) in [6.07, 6.45) is 3.35. The highest BCUT2D eigenvalue weighted by atomic mass is 16.1. The largest absolute Gasteiger partial charge is 0.368 e. The molecule has 0 saturated heterocycles. The quantitative estimate of drug-likeness (QED) is 0.637. The summed E-state index contributed by atoms with van der Waals surface area (Å²) < 4.78 is 0. The third-order valence-corrected chi connectivity index (χ3v) is 3.62. The fraction of sp³-hybridized carbons (Fsp3) is 0.917. The zero-order valence-electron chi connectivity index (χ0n) is 10.8. The van der Waals surface area contributed by atoms with Gasteiger partial charge in [0.25, 0.3) is 0 Å². The Morgan fingerprint density at radius 1 is 1.50 bits per heavy atom. The highest BCUT2D eigenvalue weighted by molar-refractivity contribution is 5.85. The predicted octanol–water partition coefficient (Wildman–Crippen LogP) is 0.572. The Hall–Kier alpha value is -0.610. The zero-order chi connectivity index (χ0) is 12.2. The van der Waals surface area contributed by atoms with Gasteiger partial charge in [0, 0.05) is 6.54 Å². The van der Waals surface area contributed by atoms with E-state index in [1.165, 1.54) is 0 Å². The van der Waals surface area contributed by atoms with E-state index in [0.717, 1.165) is 38.9 Å². The molecule has 0 spiro atoms. The van der Waals surface area contributed by atoms with Gasteiger partial charge in [-0.05, 0) is 45.3 Å². The Kier molecular flexibility index (Phi) is 4.74. The number of primary amides is 1. The molecule has 3 N–H and O–H groups in total. The van der Waals surface area contributed by atoms with Crippen LogP contribution in [0.4, 0.5) is 0 Å². The SMILES string of the molecule is CCCN(CC)CC(NC)(C(N)=O)C1CC1. The van der Waals surface area contributed by atoms with E-state index in [1.54, 1.807) is 0 Å². The van der Waals surface area contributed by atoms with Crippen LogP contribution in [0.1, 0.15) is 33.1 Å². The van der Waals surface area contributed by atoms with E-state index >= 15 is 0 Å². The second-order valence-electron chi connectivity index (χ2n) is 4.73. The van der Waals surface area contributed by atoms with Crippen molar-refractivity contribution in [1.82, 2.24) is 10.2 Å². The molecule has 0 heterocycles. The van der Waals surface area contributed by atoms with Gasteiger partial charge >= 0.3 is 0 Å². The van der Waals surface area contributed by atoms with Crippen molar-refractivity contribution in [2.75, 3.05) is 26.7 Å². The van der Waals surface area contributed by atoms with Crippen molar-refractivity contribution in [2.24, 2.45) is 11.7 Å². The molecule has 0 aliphatic heterocycles. The van der Waals surface area contributed by atoms with Crippen LogP contribution in [0.3, 0.4) is 0 Å². The van der Waals surface area contributed by atoms with Gasteiger partial charge in [-0.3, -0.25) is 4.79 Å². The molecule has 0 aromatic carbocycles. The summed E-state index contributed by atoms with van der Waals surface area (Å²) in [5, 5.41) is 3.18. The summed E-state index contributed by atoms with van der Waals surface area (Å²) in [6.45, 7) is 7.03. The molecule has 0 radical (unpaired) electrons. The summed E-state index contributed by atoms with van der Waals surface area (Å²) in [6, 6.07) is 0. The van der Waals surface area contributed by atoms with Crippen LogP contribution in [0, 0.1) is 5.92 Å². The molecule has 94 valence electrons. The lowest BCUT2D eigenvalue weighted by molar-refractivity contribution is -0.126. The first kappa shape index (κ1) is 13.5. The fourth-order valence-electron chi connectivity index (χ4n) is 2.41. The number of nitrogens with one attached hydrogen (secondary N) is 1. The summed E-state index contributed by atoms with van der Waals surface area (Å²) in [7, 11) is 1.85. The Bertz CT molecular complexity index is 240. The molecular weight excluding hydrogens is 202 g/mol. The van der Waals surface area contributed by atoms with Gasteiger partial charge in [-0.2, -0.15) is 0 Å². The minimum Gasteiger partial charge on any atom is -0.368 e. The number of amides is 1. The van der Waals surface area contributed by atoms with Gasteiger partial charge in [0.05, 0.1) is 0 Å². The van der Waals surface area contributed by atoms with E-state index < -0.39 is 5.54 Å². The first-order chi connectivity index (χ1) is 7.60. The minimum absolute atomic E-state index is 0.202. The van der Waals surface area contributed by atoms with E-state index in [9.17, 15) is 4.79 Å². The van der Waals surface area contributed by atoms with Gasteiger partial charge in [0.1, 0.15) is 5.54 Å².